The molecule has 0 aromatic heterocycles. The number of benzene rings is 1. The molecule has 1 unspecified atom stereocenters. The number of phenolic OH excluding ortho intramolecular Hbond substituents is 1. The summed E-state index contributed by atoms with van der Waals surface area (Å²) in [5.41, 5.74) is 7.24. The van der Waals surface area contributed by atoms with Crippen LogP contribution in [0.5, 0.6) is 5.75 Å². The first kappa shape index (κ1) is 9.53. The van der Waals surface area contributed by atoms with Gasteiger partial charge in [-0.25, -0.2) is 0 Å². The summed E-state index contributed by atoms with van der Waals surface area (Å²) in [4.78, 5) is 0. The molecule has 1 aliphatic carbocycles. The predicted molar refractivity (Wildman–Crippen MR) is 57.1 cm³/mol. The molecule has 0 saturated heterocycles. The molecule has 1 aromatic carbocycles. The van der Waals surface area contributed by atoms with Crippen molar-refractivity contribution in [3.05, 3.63) is 29.8 Å². The molecule has 2 rings (SSSR count). The maximum Gasteiger partial charge on any atom is 0.115 e. The average Bonchev–Trinajstić information content (AvgIpc) is 2.93. The molecule has 1 saturated carbocycles. The number of hydrogen-bond donors (Lipinski definition) is 2. The van der Waals surface area contributed by atoms with E-state index in [1.54, 1.807) is 12.1 Å². The average molecular weight is 191 g/mol. The molecular weight excluding hydrogens is 174 g/mol. The Labute approximate surface area is 84.7 Å². The van der Waals surface area contributed by atoms with Crippen LogP contribution < -0.4 is 5.73 Å². The number of phenols is 1. The van der Waals surface area contributed by atoms with Gasteiger partial charge in [0.25, 0.3) is 0 Å². The zero-order valence-corrected chi connectivity index (χ0v) is 8.32. The van der Waals surface area contributed by atoms with Gasteiger partial charge in [0.2, 0.25) is 0 Å². The Morgan fingerprint density at radius 1 is 1.29 bits per heavy atom. The molecule has 76 valence electrons. The van der Waals surface area contributed by atoms with Gasteiger partial charge < -0.3 is 10.8 Å². The van der Waals surface area contributed by atoms with Gasteiger partial charge in [-0.3, -0.25) is 0 Å². The van der Waals surface area contributed by atoms with E-state index >= 15 is 0 Å². The molecule has 0 aliphatic heterocycles. The van der Waals surface area contributed by atoms with Crippen molar-refractivity contribution in [2.24, 2.45) is 11.7 Å². The van der Waals surface area contributed by atoms with E-state index in [2.05, 4.69) is 0 Å². The van der Waals surface area contributed by atoms with Crippen LogP contribution in [-0.4, -0.2) is 11.1 Å². The second kappa shape index (κ2) is 4.01. The van der Waals surface area contributed by atoms with Crippen LogP contribution in [0.15, 0.2) is 24.3 Å². The van der Waals surface area contributed by atoms with E-state index in [0.717, 1.165) is 18.8 Å². The lowest BCUT2D eigenvalue weighted by Crippen LogP contribution is -2.23. The van der Waals surface area contributed by atoms with Crippen LogP contribution in [0.25, 0.3) is 0 Å². The minimum absolute atomic E-state index is 0.284. The lowest BCUT2D eigenvalue weighted by Gasteiger charge is -2.10. The summed E-state index contributed by atoms with van der Waals surface area (Å²) in [6.45, 7) is 0. The largest absolute Gasteiger partial charge is 0.508 e. The van der Waals surface area contributed by atoms with Gasteiger partial charge in [0.05, 0.1) is 0 Å². The lowest BCUT2D eigenvalue weighted by atomic mass is 10.0. The molecule has 3 N–H and O–H groups in total. The fourth-order valence-corrected chi connectivity index (χ4v) is 1.80. The molecule has 0 amide bonds. The highest BCUT2D eigenvalue weighted by atomic mass is 16.3. The summed E-state index contributed by atoms with van der Waals surface area (Å²) in [5.74, 6) is 1.21. The van der Waals surface area contributed by atoms with Crippen molar-refractivity contribution in [2.75, 3.05) is 0 Å². The number of rotatable bonds is 4. The van der Waals surface area contributed by atoms with Crippen LogP contribution in [0.2, 0.25) is 0 Å². The van der Waals surface area contributed by atoms with E-state index in [9.17, 15) is 0 Å². The Bertz CT molecular complexity index is 290. The van der Waals surface area contributed by atoms with Crippen LogP contribution in [0, 0.1) is 5.92 Å². The molecule has 2 heteroatoms. The summed E-state index contributed by atoms with van der Waals surface area (Å²) >= 11 is 0. The quantitative estimate of drug-likeness (QED) is 0.765. The van der Waals surface area contributed by atoms with Crippen molar-refractivity contribution in [3.8, 4) is 5.75 Å². The predicted octanol–water partition coefficient (Wildman–Crippen LogP) is 2.06. The summed E-state index contributed by atoms with van der Waals surface area (Å²) in [5, 5.41) is 9.11. The Morgan fingerprint density at radius 2 is 1.93 bits per heavy atom. The standard InChI is InChI=1S/C12H17NO/c13-11(7-9-1-2-9)8-10-3-5-12(14)6-4-10/h3-6,9,11,14H,1-2,7-8,13H2. The van der Waals surface area contributed by atoms with Crippen molar-refractivity contribution >= 4 is 0 Å². The Kier molecular flexibility index (Phi) is 2.73. The summed E-state index contributed by atoms with van der Waals surface area (Å²) in [6.07, 6.45) is 4.81. The third-order valence-electron chi connectivity index (χ3n) is 2.77. The van der Waals surface area contributed by atoms with Crippen molar-refractivity contribution in [1.29, 1.82) is 0 Å². The molecule has 1 aromatic rings. The third-order valence-corrected chi connectivity index (χ3v) is 2.77. The summed E-state index contributed by atoms with van der Waals surface area (Å²) in [7, 11) is 0. The number of hydrogen-bond acceptors (Lipinski definition) is 2. The van der Waals surface area contributed by atoms with Gasteiger partial charge in [-0.05, 0) is 36.5 Å². The SMILES string of the molecule is NC(Cc1ccc(O)cc1)CC1CC1. The van der Waals surface area contributed by atoms with Crippen LogP contribution in [0.3, 0.4) is 0 Å². The Hall–Kier alpha value is -1.02. The van der Waals surface area contributed by atoms with Gasteiger partial charge in [0, 0.05) is 6.04 Å². The van der Waals surface area contributed by atoms with Gasteiger partial charge in [0.1, 0.15) is 5.75 Å². The first-order chi connectivity index (χ1) is 6.74. The van der Waals surface area contributed by atoms with Crippen molar-refractivity contribution in [2.45, 2.75) is 31.7 Å². The van der Waals surface area contributed by atoms with Gasteiger partial charge in [0.15, 0.2) is 0 Å². The molecule has 0 bridgehead atoms. The van der Waals surface area contributed by atoms with Gasteiger partial charge >= 0.3 is 0 Å². The molecule has 1 atom stereocenters. The Balaban J connectivity index is 1.85. The summed E-state index contributed by atoms with van der Waals surface area (Å²) in [6, 6.07) is 7.62. The maximum absolute atomic E-state index is 9.11. The normalized spacial score (nSPS) is 18.1. The monoisotopic (exact) mass is 191 g/mol. The molecule has 0 heterocycles. The highest BCUT2D eigenvalue weighted by molar-refractivity contribution is 5.26. The zero-order chi connectivity index (χ0) is 9.97. The van der Waals surface area contributed by atoms with Crippen LogP contribution >= 0.6 is 0 Å². The summed E-state index contributed by atoms with van der Waals surface area (Å²) < 4.78 is 0. The first-order valence-electron chi connectivity index (χ1n) is 5.27. The molecular formula is C12H17NO. The van der Waals surface area contributed by atoms with E-state index in [-0.39, 0.29) is 6.04 Å². The second-order valence-corrected chi connectivity index (χ2v) is 4.31. The van der Waals surface area contributed by atoms with E-state index < -0.39 is 0 Å². The smallest absolute Gasteiger partial charge is 0.115 e. The molecule has 1 aliphatic rings. The van der Waals surface area contributed by atoms with E-state index in [1.807, 2.05) is 12.1 Å². The highest BCUT2D eigenvalue weighted by Gasteiger charge is 2.23. The van der Waals surface area contributed by atoms with Gasteiger partial charge in [-0.15, -0.1) is 0 Å². The molecule has 14 heavy (non-hydrogen) atoms. The molecule has 0 radical (unpaired) electrons. The molecule has 1 fully saturated rings. The molecule has 2 nitrogen and oxygen atoms in total. The topological polar surface area (TPSA) is 46.2 Å². The minimum Gasteiger partial charge on any atom is -0.508 e. The second-order valence-electron chi connectivity index (χ2n) is 4.31. The fraction of sp³-hybridized carbons (Fsp3) is 0.500. The third kappa shape index (κ3) is 2.74. The van der Waals surface area contributed by atoms with E-state index in [4.69, 9.17) is 10.8 Å². The van der Waals surface area contributed by atoms with Crippen molar-refractivity contribution in [3.63, 3.8) is 0 Å². The van der Waals surface area contributed by atoms with Gasteiger partial charge in [-0.2, -0.15) is 0 Å². The molecule has 0 spiro atoms. The number of aromatic hydroxyl groups is 1. The van der Waals surface area contributed by atoms with Crippen molar-refractivity contribution in [1.82, 2.24) is 0 Å². The maximum atomic E-state index is 9.11. The van der Waals surface area contributed by atoms with E-state index in [1.165, 1.54) is 18.4 Å². The zero-order valence-electron chi connectivity index (χ0n) is 8.32. The highest BCUT2D eigenvalue weighted by Crippen LogP contribution is 2.33. The Morgan fingerprint density at radius 3 is 2.50 bits per heavy atom. The fourth-order valence-electron chi connectivity index (χ4n) is 1.80. The van der Waals surface area contributed by atoms with Crippen LogP contribution in [0.4, 0.5) is 0 Å². The lowest BCUT2D eigenvalue weighted by molar-refractivity contribution is 0.474. The number of nitrogens with two attached hydrogens (primary N) is 1. The van der Waals surface area contributed by atoms with Crippen LogP contribution in [0.1, 0.15) is 24.8 Å². The van der Waals surface area contributed by atoms with Crippen molar-refractivity contribution < 1.29 is 5.11 Å². The van der Waals surface area contributed by atoms with Crippen LogP contribution in [-0.2, 0) is 6.42 Å². The minimum atomic E-state index is 0.284. The van der Waals surface area contributed by atoms with Gasteiger partial charge in [-0.1, -0.05) is 25.0 Å². The first-order valence-corrected chi connectivity index (χ1v) is 5.27. The van der Waals surface area contributed by atoms with E-state index in [0.29, 0.717) is 5.75 Å².